The Bertz CT molecular complexity index is 297. The second kappa shape index (κ2) is 5.19. The van der Waals surface area contributed by atoms with E-state index in [2.05, 4.69) is 23.8 Å². The highest BCUT2D eigenvalue weighted by molar-refractivity contribution is 5.15. The van der Waals surface area contributed by atoms with Crippen LogP contribution in [0.5, 0.6) is 0 Å². The van der Waals surface area contributed by atoms with Crippen LogP contribution >= 0.6 is 0 Å². The van der Waals surface area contributed by atoms with Crippen LogP contribution in [0.2, 0.25) is 0 Å². The molecule has 0 bridgehead atoms. The highest BCUT2D eigenvalue weighted by Gasteiger charge is 2.10. The molecule has 0 aromatic carbocycles. The maximum absolute atomic E-state index is 5.78. The van der Waals surface area contributed by atoms with E-state index in [0.717, 1.165) is 11.4 Å². The van der Waals surface area contributed by atoms with Gasteiger partial charge in [0, 0.05) is 12.8 Å². The molecule has 0 spiro atoms. The van der Waals surface area contributed by atoms with Crippen LogP contribution in [-0.4, -0.2) is 17.1 Å². The van der Waals surface area contributed by atoms with Gasteiger partial charge in [-0.05, 0) is 18.9 Å². The molecule has 15 heavy (non-hydrogen) atoms. The third-order valence-corrected chi connectivity index (χ3v) is 2.11. The summed E-state index contributed by atoms with van der Waals surface area (Å²) in [5, 5.41) is 0. The van der Waals surface area contributed by atoms with Crippen molar-refractivity contribution in [3.05, 3.63) is 23.3 Å². The molecule has 0 saturated heterocycles. The molecule has 4 nitrogen and oxygen atoms in total. The average molecular weight is 209 g/mol. The first-order valence-electron chi connectivity index (χ1n) is 5.16. The molecule has 1 heterocycles. The largest absolute Gasteiger partial charge is 0.378 e. The normalized spacial score (nSPS) is 13.2. The quantitative estimate of drug-likeness (QED) is 0.821. The first-order valence-corrected chi connectivity index (χ1v) is 5.16. The Morgan fingerprint density at radius 1 is 1.33 bits per heavy atom. The van der Waals surface area contributed by atoms with Crippen LogP contribution in [0.15, 0.2) is 6.07 Å². The molecular formula is C11H19N3O. The molecule has 1 aromatic heterocycles. The maximum atomic E-state index is 5.78. The van der Waals surface area contributed by atoms with Crippen molar-refractivity contribution in [2.24, 2.45) is 5.73 Å². The van der Waals surface area contributed by atoms with Gasteiger partial charge in [0.25, 0.3) is 0 Å². The van der Waals surface area contributed by atoms with Gasteiger partial charge in [0.1, 0.15) is 5.82 Å². The Balaban J connectivity index is 3.08. The van der Waals surface area contributed by atoms with Crippen molar-refractivity contribution in [2.75, 3.05) is 7.11 Å². The lowest BCUT2D eigenvalue weighted by Gasteiger charge is -2.11. The predicted octanol–water partition coefficient (Wildman–Crippen LogP) is 1.77. The summed E-state index contributed by atoms with van der Waals surface area (Å²) < 4.78 is 5.07. The standard InChI is InChI=1S/C11H19N3O/c1-7(2)10-5-9(6-15-4)13-11(14-10)8(3)12/h5,7-8H,6,12H2,1-4H3. The van der Waals surface area contributed by atoms with Crippen molar-refractivity contribution in [1.29, 1.82) is 0 Å². The topological polar surface area (TPSA) is 61.0 Å². The number of ether oxygens (including phenoxy) is 1. The molecule has 4 heteroatoms. The van der Waals surface area contributed by atoms with Crippen LogP contribution in [0.4, 0.5) is 0 Å². The third kappa shape index (κ3) is 3.25. The number of hydrogen-bond donors (Lipinski definition) is 1. The van der Waals surface area contributed by atoms with E-state index in [4.69, 9.17) is 10.5 Å². The molecule has 0 saturated carbocycles. The summed E-state index contributed by atoms with van der Waals surface area (Å²) in [4.78, 5) is 8.77. The Morgan fingerprint density at radius 2 is 2.00 bits per heavy atom. The van der Waals surface area contributed by atoms with Crippen LogP contribution in [0.1, 0.15) is 49.9 Å². The zero-order valence-corrected chi connectivity index (χ0v) is 9.82. The molecule has 0 fully saturated rings. The molecule has 1 atom stereocenters. The van der Waals surface area contributed by atoms with Crippen LogP contribution in [0.3, 0.4) is 0 Å². The molecule has 0 amide bonds. The van der Waals surface area contributed by atoms with Gasteiger partial charge >= 0.3 is 0 Å². The summed E-state index contributed by atoms with van der Waals surface area (Å²) in [6.07, 6.45) is 0. The summed E-state index contributed by atoms with van der Waals surface area (Å²) in [5.41, 5.74) is 7.69. The minimum atomic E-state index is -0.140. The van der Waals surface area contributed by atoms with Crippen LogP contribution in [-0.2, 0) is 11.3 Å². The second-order valence-electron chi connectivity index (χ2n) is 4.02. The lowest BCUT2D eigenvalue weighted by atomic mass is 10.1. The van der Waals surface area contributed by atoms with E-state index in [1.807, 2.05) is 13.0 Å². The molecule has 0 radical (unpaired) electrons. The van der Waals surface area contributed by atoms with E-state index in [1.165, 1.54) is 0 Å². The fourth-order valence-corrected chi connectivity index (χ4v) is 1.26. The van der Waals surface area contributed by atoms with Gasteiger partial charge in [0.05, 0.1) is 18.3 Å². The van der Waals surface area contributed by atoms with Crippen LogP contribution < -0.4 is 5.73 Å². The highest BCUT2D eigenvalue weighted by Crippen LogP contribution is 2.15. The molecule has 0 aliphatic heterocycles. The zero-order chi connectivity index (χ0) is 11.4. The lowest BCUT2D eigenvalue weighted by molar-refractivity contribution is 0.181. The van der Waals surface area contributed by atoms with Gasteiger partial charge in [-0.25, -0.2) is 9.97 Å². The molecule has 84 valence electrons. The van der Waals surface area contributed by atoms with Gasteiger partial charge in [-0.1, -0.05) is 13.8 Å². The van der Waals surface area contributed by atoms with Crippen LogP contribution in [0, 0.1) is 0 Å². The highest BCUT2D eigenvalue weighted by atomic mass is 16.5. The van der Waals surface area contributed by atoms with E-state index < -0.39 is 0 Å². The minimum absolute atomic E-state index is 0.140. The Kier molecular flexibility index (Phi) is 4.17. The predicted molar refractivity (Wildman–Crippen MR) is 59.4 cm³/mol. The molecule has 2 N–H and O–H groups in total. The molecule has 1 rings (SSSR count). The number of nitrogens with zero attached hydrogens (tertiary/aromatic N) is 2. The lowest BCUT2D eigenvalue weighted by Crippen LogP contribution is -2.13. The van der Waals surface area contributed by atoms with Crippen molar-refractivity contribution >= 4 is 0 Å². The van der Waals surface area contributed by atoms with Gasteiger partial charge in [0.2, 0.25) is 0 Å². The van der Waals surface area contributed by atoms with Crippen molar-refractivity contribution in [2.45, 2.75) is 39.3 Å². The molecule has 0 aliphatic rings. The second-order valence-corrected chi connectivity index (χ2v) is 4.02. The van der Waals surface area contributed by atoms with E-state index in [0.29, 0.717) is 18.3 Å². The van der Waals surface area contributed by atoms with E-state index in [9.17, 15) is 0 Å². The fourth-order valence-electron chi connectivity index (χ4n) is 1.26. The summed E-state index contributed by atoms with van der Waals surface area (Å²) in [7, 11) is 1.66. The van der Waals surface area contributed by atoms with Gasteiger partial charge in [-0.15, -0.1) is 0 Å². The molecule has 1 aromatic rings. The summed E-state index contributed by atoms with van der Waals surface area (Å²) >= 11 is 0. The van der Waals surface area contributed by atoms with Gasteiger partial charge < -0.3 is 10.5 Å². The van der Waals surface area contributed by atoms with Crippen molar-refractivity contribution in [3.8, 4) is 0 Å². The zero-order valence-electron chi connectivity index (χ0n) is 9.82. The SMILES string of the molecule is COCc1cc(C(C)C)nc(C(C)N)n1. The number of aromatic nitrogens is 2. The van der Waals surface area contributed by atoms with Gasteiger partial charge in [-0.3, -0.25) is 0 Å². The fraction of sp³-hybridized carbons (Fsp3) is 0.636. The molecular weight excluding hydrogens is 190 g/mol. The average Bonchev–Trinajstić information content (AvgIpc) is 2.17. The molecule has 1 unspecified atom stereocenters. The summed E-state index contributed by atoms with van der Waals surface area (Å²) in [6, 6.07) is 1.83. The Morgan fingerprint density at radius 3 is 2.47 bits per heavy atom. The van der Waals surface area contributed by atoms with E-state index >= 15 is 0 Å². The molecule has 0 aliphatic carbocycles. The van der Waals surface area contributed by atoms with Crippen molar-refractivity contribution in [1.82, 2.24) is 9.97 Å². The Hall–Kier alpha value is -1.00. The van der Waals surface area contributed by atoms with Gasteiger partial charge in [0.15, 0.2) is 0 Å². The number of hydrogen-bond acceptors (Lipinski definition) is 4. The van der Waals surface area contributed by atoms with E-state index in [-0.39, 0.29) is 6.04 Å². The monoisotopic (exact) mass is 209 g/mol. The van der Waals surface area contributed by atoms with Crippen molar-refractivity contribution in [3.63, 3.8) is 0 Å². The smallest absolute Gasteiger partial charge is 0.145 e. The first-order chi connectivity index (χ1) is 7.04. The maximum Gasteiger partial charge on any atom is 0.145 e. The van der Waals surface area contributed by atoms with Gasteiger partial charge in [-0.2, -0.15) is 0 Å². The Labute approximate surface area is 90.9 Å². The van der Waals surface area contributed by atoms with Crippen LogP contribution in [0.25, 0.3) is 0 Å². The number of rotatable bonds is 4. The number of methoxy groups -OCH3 is 1. The first kappa shape index (κ1) is 12.1. The van der Waals surface area contributed by atoms with Crippen molar-refractivity contribution < 1.29 is 4.74 Å². The summed E-state index contributed by atoms with van der Waals surface area (Å²) in [6.45, 7) is 6.59. The van der Waals surface area contributed by atoms with E-state index in [1.54, 1.807) is 7.11 Å². The number of nitrogens with two attached hydrogens (primary N) is 1. The third-order valence-electron chi connectivity index (χ3n) is 2.11. The minimum Gasteiger partial charge on any atom is -0.378 e. The summed E-state index contributed by atoms with van der Waals surface area (Å²) in [5.74, 6) is 1.06.